The van der Waals surface area contributed by atoms with Crippen LogP contribution in [0.5, 0.6) is 0 Å². The minimum atomic E-state index is -0.383. The first-order valence-corrected chi connectivity index (χ1v) is 3.57. The highest BCUT2D eigenvalue weighted by atomic mass is 35.5. The van der Waals surface area contributed by atoms with E-state index in [1.54, 1.807) is 0 Å². The van der Waals surface area contributed by atoms with Crippen LogP contribution in [0.25, 0.3) is 0 Å². The molecule has 0 bridgehead atoms. The van der Waals surface area contributed by atoms with Crippen LogP contribution in [0, 0.1) is 0 Å². The molecule has 0 aromatic rings. The molecule has 1 atom stereocenters. The Hall–Kier alpha value is -0.280. The average Bonchev–Trinajstić information content (AvgIpc) is 2.12. The molecule has 1 aliphatic heterocycles. The van der Waals surface area contributed by atoms with Gasteiger partial charge in [0.1, 0.15) is 0 Å². The first kappa shape index (κ1) is 10.7. The number of hydrogen-bond donors (Lipinski definition) is 1. The monoisotopic (exact) mass is 179 g/mol. The molecule has 0 amide bonds. The Labute approximate surface area is 72.9 Å². The highest BCUT2D eigenvalue weighted by molar-refractivity contribution is 5.85. The Morgan fingerprint density at radius 2 is 2.27 bits per heavy atom. The summed E-state index contributed by atoms with van der Waals surface area (Å²) in [6.07, 6.45) is 2.01. The minimum Gasteiger partial charge on any atom is -0.444 e. The third kappa shape index (κ3) is 3.08. The van der Waals surface area contributed by atoms with E-state index in [0.29, 0.717) is 0 Å². The first-order valence-electron chi connectivity index (χ1n) is 3.57. The molecule has 0 saturated carbocycles. The molecule has 0 aromatic carbocycles. The number of hydrogen-bond acceptors (Lipinski definition) is 3. The second-order valence-corrected chi connectivity index (χ2v) is 2.85. The molecule has 0 aromatic heterocycles. The molecular weight excluding hydrogens is 166 g/mol. The van der Waals surface area contributed by atoms with Gasteiger partial charge in [-0.05, 0) is 19.9 Å². The van der Waals surface area contributed by atoms with Crippen molar-refractivity contribution in [1.82, 2.24) is 5.32 Å². The molecule has 1 N–H and O–H groups in total. The fraction of sp³-hybridized carbons (Fsp3) is 0.857. The van der Waals surface area contributed by atoms with Crippen LogP contribution in [0.15, 0.2) is 0 Å². The van der Waals surface area contributed by atoms with Crippen LogP contribution in [0.2, 0.25) is 0 Å². The summed E-state index contributed by atoms with van der Waals surface area (Å²) < 4.78 is 5.05. The zero-order chi connectivity index (χ0) is 7.61. The normalized spacial score (nSPS) is 29.3. The lowest BCUT2D eigenvalue weighted by Gasteiger charge is -2.23. The Morgan fingerprint density at radius 1 is 1.64 bits per heavy atom. The van der Waals surface area contributed by atoms with Crippen molar-refractivity contribution in [3.05, 3.63) is 0 Å². The van der Waals surface area contributed by atoms with E-state index in [1.807, 2.05) is 6.92 Å². The van der Waals surface area contributed by atoms with E-state index >= 15 is 0 Å². The molecule has 66 valence electrons. The van der Waals surface area contributed by atoms with Gasteiger partial charge in [0.2, 0.25) is 0 Å². The lowest BCUT2D eigenvalue weighted by Crippen LogP contribution is -2.40. The topological polar surface area (TPSA) is 38.3 Å². The summed E-state index contributed by atoms with van der Waals surface area (Å²) in [7, 11) is 0. The molecule has 0 aliphatic carbocycles. The van der Waals surface area contributed by atoms with Crippen LogP contribution in [-0.4, -0.2) is 18.2 Å². The van der Waals surface area contributed by atoms with Crippen molar-refractivity contribution in [2.45, 2.75) is 32.4 Å². The Kier molecular flexibility index (Phi) is 3.83. The van der Waals surface area contributed by atoms with E-state index in [0.717, 1.165) is 19.4 Å². The van der Waals surface area contributed by atoms with Crippen LogP contribution < -0.4 is 5.32 Å². The van der Waals surface area contributed by atoms with Gasteiger partial charge in [-0.3, -0.25) is 10.1 Å². The third-order valence-corrected chi connectivity index (χ3v) is 1.70. The van der Waals surface area contributed by atoms with Crippen molar-refractivity contribution < 1.29 is 9.53 Å². The van der Waals surface area contributed by atoms with Crippen molar-refractivity contribution in [3.8, 4) is 0 Å². The van der Waals surface area contributed by atoms with E-state index in [2.05, 4.69) is 5.32 Å². The number of nitrogens with one attached hydrogen (secondary N) is 1. The number of rotatable bonds is 1. The molecule has 11 heavy (non-hydrogen) atoms. The van der Waals surface area contributed by atoms with Gasteiger partial charge in [-0.2, -0.15) is 0 Å². The molecule has 4 heteroatoms. The Morgan fingerprint density at radius 3 is 2.64 bits per heavy atom. The molecule has 0 radical (unpaired) electrons. The minimum absolute atomic E-state index is 0. The maximum atomic E-state index is 10.5. The Bertz CT molecular complexity index is 143. The van der Waals surface area contributed by atoms with E-state index in [4.69, 9.17) is 4.74 Å². The summed E-state index contributed by atoms with van der Waals surface area (Å²) in [6, 6.07) is 0. The van der Waals surface area contributed by atoms with Crippen molar-refractivity contribution in [2.75, 3.05) is 6.54 Å². The molecule has 0 unspecified atom stereocenters. The lowest BCUT2D eigenvalue weighted by molar-refractivity contribution is -0.156. The zero-order valence-electron chi connectivity index (χ0n) is 6.85. The first-order chi connectivity index (χ1) is 4.62. The van der Waals surface area contributed by atoms with Crippen molar-refractivity contribution in [3.63, 3.8) is 0 Å². The van der Waals surface area contributed by atoms with E-state index < -0.39 is 0 Å². The maximum Gasteiger partial charge on any atom is 0.304 e. The molecule has 1 rings (SSSR count). The quantitative estimate of drug-likeness (QED) is 0.612. The van der Waals surface area contributed by atoms with Gasteiger partial charge in [-0.15, -0.1) is 12.4 Å². The predicted molar refractivity (Wildman–Crippen MR) is 44.7 cm³/mol. The maximum absolute atomic E-state index is 10.5. The molecule has 1 heterocycles. The summed E-state index contributed by atoms with van der Waals surface area (Å²) in [6.45, 7) is 4.29. The molecule has 1 saturated heterocycles. The van der Waals surface area contributed by atoms with Gasteiger partial charge < -0.3 is 4.74 Å². The van der Waals surface area contributed by atoms with Crippen molar-refractivity contribution in [1.29, 1.82) is 0 Å². The second-order valence-electron chi connectivity index (χ2n) is 2.85. The molecule has 1 aliphatic rings. The predicted octanol–water partition coefficient (Wildman–Crippen LogP) is 1.07. The number of carbonyl (C=O) groups excluding carboxylic acids is 1. The van der Waals surface area contributed by atoms with Gasteiger partial charge in [0.15, 0.2) is 5.72 Å². The van der Waals surface area contributed by atoms with Crippen LogP contribution >= 0.6 is 12.4 Å². The fourth-order valence-electron chi connectivity index (χ4n) is 1.27. The van der Waals surface area contributed by atoms with E-state index in [1.165, 1.54) is 6.92 Å². The third-order valence-electron chi connectivity index (χ3n) is 1.70. The number of esters is 1. The summed E-state index contributed by atoms with van der Waals surface area (Å²) in [4.78, 5) is 10.5. The number of ether oxygens (including phenoxy) is 1. The summed E-state index contributed by atoms with van der Waals surface area (Å²) in [5, 5.41) is 3.12. The van der Waals surface area contributed by atoms with Gasteiger partial charge in [0.25, 0.3) is 0 Å². The SMILES string of the molecule is CC(=O)O[C@]1(C)CCCN1.Cl. The van der Waals surface area contributed by atoms with Gasteiger partial charge in [-0.1, -0.05) is 0 Å². The molecule has 3 nitrogen and oxygen atoms in total. The number of carbonyl (C=O) groups is 1. The average molecular weight is 180 g/mol. The highest BCUT2D eigenvalue weighted by Crippen LogP contribution is 2.19. The highest BCUT2D eigenvalue weighted by Gasteiger charge is 2.30. The van der Waals surface area contributed by atoms with Crippen molar-refractivity contribution >= 4 is 18.4 Å². The lowest BCUT2D eigenvalue weighted by atomic mass is 10.2. The second kappa shape index (κ2) is 3.93. The summed E-state index contributed by atoms with van der Waals surface area (Å²) >= 11 is 0. The van der Waals surface area contributed by atoms with Crippen molar-refractivity contribution in [2.24, 2.45) is 0 Å². The summed E-state index contributed by atoms with van der Waals surface area (Å²) in [5.74, 6) is -0.211. The van der Waals surface area contributed by atoms with E-state index in [-0.39, 0.29) is 24.1 Å². The van der Waals surface area contributed by atoms with Gasteiger partial charge in [-0.25, -0.2) is 0 Å². The van der Waals surface area contributed by atoms with Crippen LogP contribution in [0.3, 0.4) is 0 Å². The smallest absolute Gasteiger partial charge is 0.304 e. The van der Waals surface area contributed by atoms with Crippen LogP contribution in [0.1, 0.15) is 26.7 Å². The van der Waals surface area contributed by atoms with Gasteiger partial charge in [0.05, 0.1) is 0 Å². The van der Waals surface area contributed by atoms with Gasteiger partial charge >= 0.3 is 5.97 Å². The van der Waals surface area contributed by atoms with Crippen LogP contribution in [0.4, 0.5) is 0 Å². The van der Waals surface area contributed by atoms with E-state index in [9.17, 15) is 4.79 Å². The number of halogens is 1. The standard InChI is InChI=1S/C7H13NO2.ClH/c1-6(9)10-7(2)4-3-5-8-7;/h8H,3-5H2,1-2H3;1H/t7-;/m1./s1. The molecule has 1 fully saturated rings. The zero-order valence-corrected chi connectivity index (χ0v) is 7.66. The van der Waals surface area contributed by atoms with Crippen LogP contribution in [-0.2, 0) is 9.53 Å². The molecule has 0 spiro atoms. The molecular formula is C7H14ClNO2. The largest absolute Gasteiger partial charge is 0.444 e. The fourth-order valence-corrected chi connectivity index (χ4v) is 1.27. The summed E-state index contributed by atoms with van der Waals surface area (Å²) in [5.41, 5.74) is -0.383. The van der Waals surface area contributed by atoms with Gasteiger partial charge in [0, 0.05) is 13.3 Å². The Balaban J connectivity index is 0.000001000.